The SMILES string of the molecule is CCCCNCCCCN(CCCC)C(C)=O. The molecule has 0 aliphatic carbocycles. The average molecular weight is 242 g/mol. The molecule has 0 unspecified atom stereocenters. The van der Waals surface area contributed by atoms with E-state index in [4.69, 9.17) is 0 Å². The van der Waals surface area contributed by atoms with E-state index < -0.39 is 0 Å². The highest BCUT2D eigenvalue weighted by Crippen LogP contribution is 1.99. The summed E-state index contributed by atoms with van der Waals surface area (Å²) in [5, 5.41) is 3.43. The molecule has 0 spiro atoms. The first-order valence-corrected chi connectivity index (χ1v) is 7.18. The van der Waals surface area contributed by atoms with Gasteiger partial charge >= 0.3 is 0 Å². The fourth-order valence-corrected chi connectivity index (χ4v) is 1.76. The molecule has 0 atom stereocenters. The minimum Gasteiger partial charge on any atom is -0.343 e. The van der Waals surface area contributed by atoms with Gasteiger partial charge in [0.2, 0.25) is 5.91 Å². The molecule has 0 aromatic carbocycles. The molecule has 0 aliphatic rings. The molecule has 0 radical (unpaired) electrons. The summed E-state index contributed by atoms with van der Waals surface area (Å²) < 4.78 is 0. The molecule has 0 saturated heterocycles. The number of carbonyl (C=O) groups is 1. The molecular formula is C14H30N2O. The maximum absolute atomic E-state index is 11.4. The Bertz CT molecular complexity index is 183. The molecule has 0 heterocycles. The van der Waals surface area contributed by atoms with Crippen LogP contribution < -0.4 is 5.32 Å². The smallest absolute Gasteiger partial charge is 0.219 e. The van der Waals surface area contributed by atoms with Gasteiger partial charge in [0.05, 0.1) is 0 Å². The van der Waals surface area contributed by atoms with E-state index in [1.54, 1.807) is 6.92 Å². The van der Waals surface area contributed by atoms with Crippen LogP contribution in [-0.4, -0.2) is 37.0 Å². The van der Waals surface area contributed by atoms with Crippen LogP contribution in [0.1, 0.15) is 59.3 Å². The highest BCUT2D eigenvalue weighted by molar-refractivity contribution is 5.73. The van der Waals surface area contributed by atoms with Gasteiger partial charge < -0.3 is 10.2 Å². The highest BCUT2D eigenvalue weighted by atomic mass is 16.2. The standard InChI is InChI=1S/C14H30N2O/c1-4-6-10-15-11-8-9-13-16(14(3)17)12-7-5-2/h15H,4-13H2,1-3H3. The molecule has 17 heavy (non-hydrogen) atoms. The average Bonchev–Trinajstić information content (AvgIpc) is 2.31. The van der Waals surface area contributed by atoms with Gasteiger partial charge in [-0.1, -0.05) is 26.7 Å². The number of nitrogens with zero attached hydrogens (tertiary/aromatic N) is 1. The van der Waals surface area contributed by atoms with Crippen molar-refractivity contribution in [1.82, 2.24) is 10.2 Å². The lowest BCUT2D eigenvalue weighted by molar-refractivity contribution is -0.129. The molecule has 0 fully saturated rings. The first kappa shape index (κ1) is 16.4. The number of rotatable bonds is 11. The maximum Gasteiger partial charge on any atom is 0.219 e. The van der Waals surface area contributed by atoms with Gasteiger partial charge in [-0.15, -0.1) is 0 Å². The molecule has 0 bridgehead atoms. The van der Waals surface area contributed by atoms with Crippen molar-refractivity contribution in [2.75, 3.05) is 26.2 Å². The summed E-state index contributed by atoms with van der Waals surface area (Å²) in [5.74, 6) is 0.220. The number of nitrogens with one attached hydrogen (secondary N) is 1. The van der Waals surface area contributed by atoms with Crippen LogP contribution in [0.15, 0.2) is 0 Å². The summed E-state index contributed by atoms with van der Waals surface area (Å²) in [4.78, 5) is 13.3. The van der Waals surface area contributed by atoms with Crippen molar-refractivity contribution >= 4 is 5.91 Å². The van der Waals surface area contributed by atoms with E-state index in [1.807, 2.05) is 4.90 Å². The lowest BCUT2D eigenvalue weighted by Crippen LogP contribution is -2.31. The van der Waals surface area contributed by atoms with Crippen LogP contribution in [0.3, 0.4) is 0 Å². The molecule has 3 nitrogen and oxygen atoms in total. The van der Waals surface area contributed by atoms with E-state index >= 15 is 0 Å². The Kier molecular flexibility index (Phi) is 11.5. The Labute approximate surface area is 107 Å². The van der Waals surface area contributed by atoms with Gasteiger partial charge in [0.1, 0.15) is 0 Å². The predicted molar refractivity (Wildman–Crippen MR) is 74.2 cm³/mol. The van der Waals surface area contributed by atoms with Gasteiger partial charge in [0.15, 0.2) is 0 Å². The predicted octanol–water partition coefficient (Wildman–Crippen LogP) is 2.80. The summed E-state index contributed by atoms with van der Waals surface area (Å²) in [6.45, 7) is 10.1. The summed E-state index contributed by atoms with van der Waals surface area (Å²) in [6.07, 6.45) is 7.07. The lowest BCUT2D eigenvalue weighted by Gasteiger charge is -2.20. The van der Waals surface area contributed by atoms with Gasteiger partial charge in [-0.3, -0.25) is 4.79 Å². The number of amides is 1. The number of unbranched alkanes of at least 4 members (excludes halogenated alkanes) is 3. The molecule has 0 rings (SSSR count). The van der Waals surface area contributed by atoms with Crippen LogP contribution in [0.25, 0.3) is 0 Å². The van der Waals surface area contributed by atoms with Crippen LogP contribution >= 0.6 is 0 Å². The molecule has 0 aromatic rings. The van der Waals surface area contributed by atoms with Crippen LogP contribution in [0.4, 0.5) is 0 Å². The Morgan fingerprint density at radius 1 is 0.941 bits per heavy atom. The number of hydrogen-bond acceptors (Lipinski definition) is 2. The van der Waals surface area contributed by atoms with E-state index in [-0.39, 0.29) is 5.91 Å². The Balaban J connectivity index is 3.44. The molecule has 0 saturated carbocycles. The maximum atomic E-state index is 11.4. The second kappa shape index (κ2) is 11.9. The van der Waals surface area contributed by atoms with Crippen molar-refractivity contribution in [2.45, 2.75) is 59.3 Å². The minimum atomic E-state index is 0.220. The van der Waals surface area contributed by atoms with Gasteiger partial charge in [0.25, 0.3) is 0 Å². The largest absolute Gasteiger partial charge is 0.343 e. The summed E-state index contributed by atoms with van der Waals surface area (Å²) in [5.41, 5.74) is 0. The second-order valence-electron chi connectivity index (χ2n) is 4.67. The third-order valence-electron chi connectivity index (χ3n) is 2.97. The fraction of sp³-hybridized carbons (Fsp3) is 0.929. The second-order valence-corrected chi connectivity index (χ2v) is 4.67. The normalized spacial score (nSPS) is 10.5. The van der Waals surface area contributed by atoms with Crippen molar-refractivity contribution in [2.24, 2.45) is 0 Å². The first-order chi connectivity index (χ1) is 8.22. The van der Waals surface area contributed by atoms with Gasteiger partial charge in [-0.05, 0) is 38.8 Å². The summed E-state index contributed by atoms with van der Waals surface area (Å²) >= 11 is 0. The minimum absolute atomic E-state index is 0.220. The van der Waals surface area contributed by atoms with Gasteiger partial charge in [0, 0.05) is 20.0 Å². The number of hydrogen-bond donors (Lipinski definition) is 1. The van der Waals surface area contributed by atoms with E-state index in [2.05, 4.69) is 19.2 Å². The molecule has 102 valence electrons. The Morgan fingerprint density at radius 3 is 2.12 bits per heavy atom. The monoisotopic (exact) mass is 242 g/mol. The van der Waals surface area contributed by atoms with Gasteiger partial charge in [-0.25, -0.2) is 0 Å². The third-order valence-corrected chi connectivity index (χ3v) is 2.97. The van der Waals surface area contributed by atoms with Crippen LogP contribution in [0, 0.1) is 0 Å². The zero-order valence-corrected chi connectivity index (χ0v) is 11.9. The van der Waals surface area contributed by atoms with E-state index in [0.717, 1.165) is 45.4 Å². The summed E-state index contributed by atoms with van der Waals surface area (Å²) in [7, 11) is 0. The van der Waals surface area contributed by atoms with Crippen molar-refractivity contribution < 1.29 is 4.79 Å². The molecular weight excluding hydrogens is 212 g/mol. The highest BCUT2D eigenvalue weighted by Gasteiger charge is 2.06. The third kappa shape index (κ3) is 10.3. The first-order valence-electron chi connectivity index (χ1n) is 7.18. The van der Waals surface area contributed by atoms with Crippen LogP contribution in [0.2, 0.25) is 0 Å². The quantitative estimate of drug-likeness (QED) is 0.565. The lowest BCUT2D eigenvalue weighted by atomic mass is 10.2. The summed E-state index contributed by atoms with van der Waals surface area (Å²) in [6, 6.07) is 0. The molecule has 1 N–H and O–H groups in total. The topological polar surface area (TPSA) is 32.3 Å². The molecule has 1 amide bonds. The van der Waals surface area contributed by atoms with Crippen molar-refractivity contribution in [3.63, 3.8) is 0 Å². The van der Waals surface area contributed by atoms with Crippen LogP contribution in [-0.2, 0) is 4.79 Å². The molecule has 3 heteroatoms. The van der Waals surface area contributed by atoms with Crippen molar-refractivity contribution in [3.05, 3.63) is 0 Å². The molecule has 0 aliphatic heterocycles. The Hall–Kier alpha value is -0.570. The zero-order valence-electron chi connectivity index (χ0n) is 11.9. The Morgan fingerprint density at radius 2 is 1.53 bits per heavy atom. The van der Waals surface area contributed by atoms with E-state index in [1.165, 1.54) is 19.3 Å². The fourth-order valence-electron chi connectivity index (χ4n) is 1.76. The zero-order chi connectivity index (χ0) is 12.9. The number of carbonyl (C=O) groups excluding carboxylic acids is 1. The van der Waals surface area contributed by atoms with Crippen molar-refractivity contribution in [1.29, 1.82) is 0 Å². The molecule has 0 aromatic heterocycles. The van der Waals surface area contributed by atoms with E-state index in [0.29, 0.717) is 0 Å². The van der Waals surface area contributed by atoms with E-state index in [9.17, 15) is 4.79 Å². The van der Waals surface area contributed by atoms with Gasteiger partial charge in [-0.2, -0.15) is 0 Å². The van der Waals surface area contributed by atoms with Crippen LogP contribution in [0.5, 0.6) is 0 Å². The van der Waals surface area contributed by atoms with Crippen molar-refractivity contribution in [3.8, 4) is 0 Å².